The Balaban J connectivity index is 1.50. The maximum atomic E-state index is 15.6. The summed E-state index contributed by atoms with van der Waals surface area (Å²) in [5, 5.41) is 3.29. The van der Waals surface area contributed by atoms with Crippen molar-refractivity contribution in [1.29, 1.82) is 0 Å². The first-order chi connectivity index (χ1) is 15.7. The Labute approximate surface area is 193 Å². The van der Waals surface area contributed by atoms with Crippen LogP contribution in [-0.2, 0) is 15.5 Å². The van der Waals surface area contributed by atoms with Gasteiger partial charge in [0, 0.05) is 29.4 Å². The molecule has 1 aromatic carbocycles. The third-order valence-corrected chi connectivity index (χ3v) is 8.43. The van der Waals surface area contributed by atoms with Crippen LogP contribution in [0.4, 0.5) is 20.7 Å². The molecule has 0 spiro atoms. The number of morpholine rings is 1. The minimum atomic E-state index is -3.57. The smallest absolute Gasteiger partial charge is 0.319 e. The zero-order valence-corrected chi connectivity index (χ0v) is 19.4. The van der Waals surface area contributed by atoms with Gasteiger partial charge in [0.05, 0.1) is 25.0 Å². The van der Waals surface area contributed by atoms with E-state index in [-0.39, 0.29) is 35.4 Å². The number of fused-ring (bicyclic) bond motifs is 1. The fourth-order valence-electron chi connectivity index (χ4n) is 4.16. The number of nitrogens with zero attached hydrogens (tertiary/aromatic N) is 3. The highest BCUT2D eigenvalue weighted by Crippen LogP contribution is 2.67. The van der Waals surface area contributed by atoms with Crippen molar-refractivity contribution < 1.29 is 23.0 Å². The first kappa shape index (κ1) is 22.3. The van der Waals surface area contributed by atoms with Crippen molar-refractivity contribution in [3.8, 4) is 11.4 Å². The van der Waals surface area contributed by atoms with Crippen molar-refractivity contribution in [2.75, 3.05) is 30.0 Å². The average molecular weight is 478 g/mol. The SMILES string of the molecule is CC1COCCN1c1nc(-c2ccc(NC(=O)NC3CC3)cc2)nc2c1CS(O)(O)C2(C)F. The molecule has 1 saturated heterocycles. The minimum absolute atomic E-state index is 0.00425. The number of carbonyl (C=O) groups is 1. The van der Waals surface area contributed by atoms with Gasteiger partial charge in [0.2, 0.25) is 5.00 Å². The third kappa shape index (κ3) is 4.14. The van der Waals surface area contributed by atoms with Crippen molar-refractivity contribution in [1.82, 2.24) is 15.3 Å². The van der Waals surface area contributed by atoms with E-state index in [4.69, 9.17) is 9.72 Å². The number of hydrogen-bond donors (Lipinski definition) is 4. The van der Waals surface area contributed by atoms with Gasteiger partial charge >= 0.3 is 6.03 Å². The van der Waals surface area contributed by atoms with E-state index in [1.807, 2.05) is 11.8 Å². The second kappa shape index (κ2) is 8.08. The van der Waals surface area contributed by atoms with Gasteiger partial charge in [0.1, 0.15) is 11.5 Å². The van der Waals surface area contributed by atoms with E-state index in [2.05, 4.69) is 15.6 Å². The maximum absolute atomic E-state index is 15.6. The van der Waals surface area contributed by atoms with Gasteiger partial charge in [0.15, 0.2) is 5.82 Å². The predicted octanol–water partition coefficient (Wildman–Crippen LogP) is 4.06. The van der Waals surface area contributed by atoms with Gasteiger partial charge in [-0.1, -0.05) is 0 Å². The highest BCUT2D eigenvalue weighted by Gasteiger charge is 2.52. The molecule has 0 bridgehead atoms. The Morgan fingerprint density at radius 2 is 2.00 bits per heavy atom. The summed E-state index contributed by atoms with van der Waals surface area (Å²) in [6.07, 6.45) is 2.01. The van der Waals surface area contributed by atoms with Crippen molar-refractivity contribution in [2.45, 2.75) is 49.5 Å². The van der Waals surface area contributed by atoms with Gasteiger partial charge < -0.3 is 20.3 Å². The lowest BCUT2D eigenvalue weighted by Crippen LogP contribution is -2.44. The lowest BCUT2D eigenvalue weighted by molar-refractivity contribution is 0.0984. The molecule has 5 rings (SSSR count). The number of nitrogens with one attached hydrogen (secondary N) is 2. The summed E-state index contributed by atoms with van der Waals surface area (Å²) in [5.41, 5.74) is 1.71. The molecule has 2 aromatic rings. The predicted molar refractivity (Wildman–Crippen MR) is 125 cm³/mol. The number of urea groups is 1. The number of halogens is 1. The van der Waals surface area contributed by atoms with Gasteiger partial charge in [-0.05, 0) is 51.0 Å². The molecule has 2 amide bonds. The first-order valence-electron chi connectivity index (χ1n) is 11.0. The van der Waals surface area contributed by atoms with E-state index in [1.54, 1.807) is 24.3 Å². The van der Waals surface area contributed by atoms with E-state index >= 15 is 4.39 Å². The molecule has 0 radical (unpaired) electrons. The second-order valence-electron chi connectivity index (χ2n) is 8.99. The van der Waals surface area contributed by atoms with Crippen LogP contribution in [0.2, 0.25) is 0 Å². The molecule has 1 saturated carbocycles. The van der Waals surface area contributed by atoms with Crippen LogP contribution in [0.3, 0.4) is 0 Å². The van der Waals surface area contributed by atoms with E-state index in [1.165, 1.54) is 6.92 Å². The highest BCUT2D eigenvalue weighted by atomic mass is 32.3. The van der Waals surface area contributed by atoms with Crippen molar-refractivity contribution >= 4 is 28.1 Å². The molecule has 2 unspecified atom stereocenters. The summed E-state index contributed by atoms with van der Waals surface area (Å²) in [5.74, 6) is 0.587. The summed E-state index contributed by atoms with van der Waals surface area (Å²) in [6.45, 7) is 4.72. The number of rotatable bonds is 4. The number of benzene rings is 1. The van der Waals surface area contributed by atoms with Crippen LogP contribution in [-0.4, -0.2) is 56.9 Å². The topological polar surface area (TPSA) is 120 Å². The molecular formula is C22H28FN5O4S. The molecule has 2 aliphatic heterocycles. The molecule has 4 N–H and O–H groups in total. The van der Waals surface area contributed by atoms with Gasteiger partial charge in [-0.3, -0.25) is 9.11 Å². The van der Waals surface area contributed by atoms with Crippen LogP contribution in [0.5, 0.6) is 0 Å². The fraction of sp³-hybridized carbons (Fsp3) is 0.500. The Morgan fingerprint density at radius 3 is 2.67 bits per heavy atom. The van der Waals surface area contributed by atoms with Gasteiger partial charge in [-0.25, -0.2) is 19.2 Å². The summed E-state index contributed by atoms with van der Waals surface area (Å²) in [6, 6.07) is 6.98. The number of hydrogen-bond acceptors (Lipinski definition) is 7. The quantitative estimate of drug-likeness (QED) is 0.524. The van der Waals surface area contributed by atoms with Crippen molar-refractivity contribution in [3.63, 3.8) is 0 Å². The number of ether oxygens (including phenoxy) is 1. The van der Waals surface area contributed by atoms with Crippen LogP contribution >= 0.6 is 10.6 Å². The largest absolute Gasteiger partial charge is 0.377 e. The van der Waals surface area contributed by atoms with Crippen LogP contribution < -0.4 is 15.5 Å². The van der Waals surface area contributed by atoms with Crippen molar-refractivity contribution in [3.05, 3.63) is 35.5 Å². The molecule has 178 valence electrons. The Kier molecular flexibility index (Phi) is 5.47. The molecule has 11 heteroatoms. The zero-order valence-electron chi connectivity index (χ0n) is 18.5. The molecule has 3 aliphatic rings. The lowest BCUT2D eigenvalue weighted by Gasteiger charge is -2.36. The lowest BCUT2D eigenvalue weighted by atomic mass is 10.1. The van der Waals surface area contributed by atoms with Crippen LogP contribution in [0.1, 0.15) is 37.9 Å². The normalized spacial score (nSPS) is 27.1. The minimum Gasteiger partial charge on any atom is -0.377 e. The van der Waals surface area contributed by atoms with Crippen molar-refractivity contribution in [2.24, 2.45) is 0 Å². The Bertz CT molecular complexity index is 1080. The van der Waals surface area contributed by atoms with E-state index in [0.717, 1.165) is 12.8 Å². The van der Waals surface area contributed by atoms with Gasteiger partial charge in [-0.15, -0.1) is 0 Å². The number of anilines is 2. The molecule has 3 heterocycles. The second-order valence-corrected chi connectivity index (χ2v) is 11.4. The molecule has 1 aliphatic carbocycles. The van der Waals surface area contributed by atoms with Crippen LogP contribution in [0.25, 0.3) is 11.4 Å². The third-order valence-electron chi connectivity index (χ3n) is 6.32. The molecule has 9 nitrogen and oxygen atoms in total. The van der Waals surface area contributed by atoms with E-state index in [0.29, 0.717) is 42.4 Å². The standard InChI is InChI=1S/C22H28FN5O4S/c1-13-11-32-10-9-28(13)20-17-12-33(30,31)22(2,23)18(17)26-19(27-20)14-3-5-15(6-4-14)24-21(29)25-16-7-8-16/h3-6,13,16,30-31H,7-12H2,1-2H3,(H2,24,25,29). The summed E-state index contributed by atoms with van der Waals surface area (Å²) in [7, 11) is -3.57. The molecule has 2 fully saturated rings. The van der Waals surface area contributed by atoms with Crippen LogP contribution in [0, 0.1) is 0 Å². The summed E-state index contributed by atoms with van der Waals surface area (Å²) >= 11 is 0. The summed E-state index contributed by atoms with van der Waals surface area (Å²) < 4.78 is 42.1. The maximum Gasteiger partial charge on any atom is 0.319 e. The fourth-order valence-corrected chi connectivity index (χ4v) is 5.58. The monoisotopic (exact) mass is 477 g/mol. The number of alkyl halides is 1. The number of aromatic nitrogens is 2. The summed E-state index contributed by atoms with van der Waals surface area (Å²) in [4.78, 5) is 23.2. The Morgan fingerprint density at radius 1 is 1.27 bits per heavy atom. The zero-order chi connectivity index (χ0) is 23.4. The van der Waals surface area contributed by atoms with E-state index in [9.17, 15) is 13.9 Å². The molecule has 33 heavy (non-hydrogen) atoms. The molecule has 2 atom stereocenters. The van der Waals surface area contributed by atoms with Gasteiger partial charge in [-0.2, -0.15) is 10.6 Å². The van der Waals surface area contributed by atoms with E-state index < -0.39 is 15.6 Å². The molecular weight excluding hydrogens is 449 g/mol. The van der Waals surface area contributed by atoms with Crippen LogP contribution in [0.15, 0.2) is 24.3 Å². The molecule has 1 aromatic heterocycles. The average Bonchev–Trinajstić information content (AvgIpc) is 3.55. The number of amides is 2. The highest BCUT2D eigenvalue weighted by molar-refractivity contribution is 8.24. The Hall–Kier alpha value is -2.47. The van der Waals surface area contributed by atoms with Gasteiger partial charge in [0.25, 0.3) is 0 Å². The first-order valence-corrected chi connectivity index (χ1v) is 12.8. The number of carbonyl (C=O) groups excluding carboxylic acids is 1.